The third-order valence-electron chi connectivity index (χ3n) is 3.39. The van der Waals surface area contributed by atoms with Gasteiger partial charge in [0.1, 0.15) is 0 Å². The molecule has 0 bridgehead atoms. The Morgan fingerprint density at radius 1 is 1.59 bits per heavy atom. The summed E-state index contributed by atoms with van der Waals surface area (Å²) in [7, 11) is 1.87. The molecule has 92 valence electrons. The smallest absolute Gasteiger partial charge is 0.228 e. The molecule has 4 heteroatoms. The fourth-order valence-corrected chi connectivity index (χ4v) is 1.94. The van der Waals surface area contributed by atoms with Gasteiger partial charge in [-0.15, -0.1) is 0 Å². The Morgan fingerprint density at radius 2 is 2.29 bits per heavy atom. The minimum Gasteiger partial charge on any atom is -0.397 e. The molecule has 1 heterocycles. The van der Waals surface area contributed by atoms with Gasteiger partial charge in [-0.2, -0.15) is 0 Å². The molecule has 0 aromatic carbocycles. The lowest BCUT2D eigenvalue weighted by molar-refractivity contribution is -0.129. The van der Waals surface area contributed by atoms with Crippen LogP contribution in [0.15, 0.2) is 18.3 Å². The number of hydrogen-bond donors (Lipinski definition) is 1. The van der Waals surface area contributed by atoms with Gasteiger partial charge in [0.05, 0.1) is 18.3 Å². The highest BCUT2D eigenvalue weighted by molar-refractivity contribution is 5.78. The maximum atomic E-state index is 11.9. The van der Waals surface area contributed by atoms with E-state index in [0.717, 1.165) is 18.2 Å². The highest BCUT2D eigenvalue weighted by Crippen LogP contribution is 2.37. The molecule has 0 radical (unpaired) electrons. The fourth-order valence-electron chi connectivity index (χ4n) is 1.94. The third-order valence-corrected chi connectivity index (χ3v) is 3.39. The van der Waals surface area contributed by atoms with E-state index in [1.807, 2.05) is 11.9 Å². The van der Waals surface area contributed by atoms with Gasteiger partial charge >= 0.3 is 0 Å². The van der Waals surface area contributed by atoms with Crippen LogP contribution in [0.25, 0.3) is 0 Å². The van der Waals surface area contributed by atoms with Gasteiger partial charge in [-0.3, -0.25) is 9.78 Å². The Bertz CT molecular complexity index is 402. The molecule has 0 spiro atoms. The molecule has 0 aliphatic heterocycles. The highest BCUT2D eigenvalue weighted by atomic mass is 16.2. The van der Waals surface area contributed by atoms with Crippen LogP contribution in [0.2, 0.25) is 0 Å². The van der Waals surface area contributed by atoms with Crippen molar-refractivity contribution in [2.24, 2.45) is 11.8 Å². The first-order chi connectivity index (χ1) is 8.06. The van der Waals surface area contributed by atoms with E-state index in [9.17, 15) is 4.79 Å². The SMILES string of the molecule is CC1CC1CN(C)C(=O)Cc1ccc(N)cn1. The van der Waals surface area contributed by atoms with Crippen LogP contribution in [0.5, 0.6) is 0 Å². The lowest BCUT2D eigenvalue weighted by Crippen LogP contribution is -2.30. The zero-order chi connectivity index (χ0) is 12.4. The van der Waals surface area contributed by atoms with Gasteiger partial charge in [0.15, 0.2) is 0 Å². The second-order valence-electron chi connectivity index (χ2n) is 5.01. The fraction of sp³-hybridized carbons (Fsp3) is 0.538. The van der Waals surface area contributed by atoms with E-state index < -0.39 is 0 Å². The van der Waals surface area contributed by atoms with E-state index in [0.29, 0.717) is 18.0 Å². The Balaban J connectivity index is 1.85. The first kappa shape index (κ1) is 11.9. The van der Waals surface area contributed by atoms with Crippen LogP contribution in [-0.2, 0) is 11.2 Å². The van der Waals surface area contributed by atoms with Gasteiger partial charge in [-0.1, -0.05) is 6.92 Å². The van der Waals surface area contributed by atoms with E-state index >= 15 is 0 Å². The van der Waals surface area contributed by atoms with Gasteiger partial charge in [0, 0.05) is 19.3 Å². The molecule has 2 N–H and O–H groups in total. The minimum atomic E-state index is 0.126. The number of nitrogens with two attached hydrogens (primary N) is 1. The van der Waals surface area contributed by atoms with Crippen molar-refractivity contribution in [3.63, 3.8) is 0 Å². The summed E-state index contributed by atoms with van der Waals surface area (Å²) >= 11 is 0. The zero-order valence-electron chi connectivity index (χ0n) is 10.4. The van der Waals surface area contributed by atoms with Crippen molar-refractivity contribution in [1.82, 2.24) is 9.88 Å². The number of anilines is 1. The molecule has 1 aromatic rings. The standard InChI is InChI=1S/C13H19N3O/c1-9-5-10(9)8-16(2)13(17)6-12-4-3-11(14)7-15-12/h3-4,7,9-10H,5-6,8,14H2,1-2H3. The minimum absolute atomic E-state index is 0.126. The molecule has 1 aliphatic rings. The van der Waals surface area contributed by atoms with Crippen molar-refractivity contribution in [3.8, 4) is 0 Å². The third kappa shape index (κ3) is 3.19. The second kappa shape index (κ2) is 4.73. The maximum Gasteiger partial charge on any atom is 0.228 e. The largest absolute Gasteiger partial charge is 0.397 e. The topological polar surface area (TPSA) is 59.2 Å². The first-order valence-electron chi connectivity index (χ1n) is 6.00. The average Bonchev–Trinajstić information content (AvgIpc) is 2.97. The summed E-state index contributed by atoms with van der Waals surface area (Å²) in [5.41, 5.74) is 6.95. The predicted molar refractivity (Wildman–Crippen MR) is 67.3 cm³/mol. The molecule has 2 unspecified atom stereocenters. The second-order valence-corrected chi connectivity index (χ2v) is 5.01. The van der Waals surface area contributed by atoms with Crippen LogP contribution in [0, 0.1) is 11.8 Å². The summed E-state index contributed by atoms with van der Waals surface area (Å²) in [5, 5.41) is 0. The van der Waals surface area contributed by atoms with Crippen LogP contribution in [0.3, 0.4) is 0 Å². The number of nitrogen functional groups attached to an aromatic ring is 1. The number of aromatic nitrogens is 1. The molecule has 1 fully saturated rings. The lowest BCUT2D eigenvalue weighted by atomic mass is 10.2. The van der Waals surface area contributed by atoms with Crippen molar-refractivity contribution in [1.29, 1.82) is 0 Å². The van der Waals surface area contributed by atoms with Crippen molar-refractivity contribution in [3.05, 3.63) is 24.0 Å². The van der Waals surface area contributed by atoms with E-state index in [4.69, 9.17) is 5.73 Å². The van der Waals surface area contributed by atoms with Gasteiger partial charge < -0.3 is 10.6 Å². The number of pyridine rings is 1. The van der Waals surface area contributed by atoms with Crippen LogP contribution in [0.1, 0.15) is 19.0 Å². The first-order valence-corrected chi connectivity index (χ1v) is 6.00. The predicted octanol–water partition coefficient (Wildman–Crippen LogP) is 1.32. The molecule has 17 heavy (non-hydrogen) atoms. The van der Waals surface area contributed by atoms with Crippen LogP contribution >= 0.6 is 0 Å². The molecule has 2 atom stereocenters. The van der Waals surface area contributed by atoms with E-state index in [1.165, 1.54) is 6.42 Å². The summed E-state index contributed by atoms with van der Waals surface area (Å²) in [5.74, 6) is 1.60. The number of hydrogen-bond acceptors (Lipinski definition) is 3. The van der Waals surface area contributed by atoms with Crippen molar-refractivity contribution in [2.75, 3.05) is 19.3 Å². The number of rotatable bonds is 4. The van der Waals surface area contributed by atoms with Crippen molar-refractivity contribution < 1.29 is 4.79 Å². The number of nitrogens with zero attached hydrogens (tertiary/aromatic N) is 2. The van der Waals surface area contributed by atoms with Gasteiger partial charge in [0.25, 0.3) is 0 Å². The van der Waals surface area contributed by atoms with Crippen LogP contribution in [-0.4, -0.2) is 29.4 Å². The summed E-state index contributed by atoms with van der Waals surface area (Å²) in [6.07, 6.45) is 3.20. The van der Waals surface area contributed by atoms with Gasteiger partial charge in [-0.05, 0) is 30.4 Å². The molecule has 2 rings (SSSR count). The molecule has 1 aliphatic carbocycles. The van der Waals surface area contributed by atoms with Crippen LogP contribution in [0.4, 0.5) is 5.69 Å². The molecule has 0 saturated heterocycles. The van der Waals surface area contributed by atoms with Crippen LogP contribution < -0.4 is 5.73 Å². The van der Waals surface area contributed by atoms with E-state index in [1.54, 1.807) is 18.3 Å². The molecule has 1 aromatic heterocycles. The Hall–Kier alpha value is -1.58. The number of carbonyl (C=O) groups is 1. The normalized spacial score (nSPS) is 22.2. The molecule has 1 amide bonds. The number of likely N-dealkylation sites (N-methyl/N-ethyl adjacent to an activating group) is 1. The number of carbonyl (C=O) groups excluding carboxylic acids is 1. The molecule has 4 nitrogen and oxygen atoms in total. The zero-order valence-corrected chi connectivity index (χ0v) is 10.4. The quantitative estimate of drug-likeness (QED) is 0.853. The average molecular weight is 233 g/mol. The Kier molecular flexibility index (Phi) is 3.31. The molecule has 1 saturated carbocycles. The monoisotopic (exact) mass is 233 g/mol. The molecular formula is C13H19N3O. The van der Waals surface area contributed by atoms with Gasteiger partial charge in [-0.25, -0.2) is 0 Å². The molecular weight excluding hydrogens is 214 g/mol. The van der Waals surface area contributed by atoms with Crippen molar-refractivity contribution in [2.45, 2.75) is 19.8 Å². The lowest BCUT2D eigenvalue weighted by Gasteiger charge is -2.16. The van der Waals surface area contributed by atoms with Gasteiger partial charge in [0.2, 0.25) is 5.91 Å². The summed E-state index contributed by atoms with van der Waals surface area (Å²) in [6, 6.07) is 3.58. The number of amides is 1. The van der Waals surface area contributed by atoms with E-state index in [-0.39, 0.29) is 5.91 Å². The van der Waals surface area contributed by atoms with Crippen molar-refractivity contribution >= 4 is 11.6 Å². The Morgan fingerprint density at radius 3 is 2.82 bits per heavy atom. The summed E-state index contributed by atoms with van der Waals surface area (Å²) < 4.78 is 0. The Labute approximate surface area is 102 Å². The highest BCUT2D eigenvalue weighted by Gasteiger charge is 2.34. The summed E-state index contributed by atoms with van der Waals surface area (Å²) in [4.78, 5) is 17.9. The summed E-state index contributed by atoms with van der Waals surface area (Å²) in [6.45, 7) is 3.10. The maximum absolute atomic E-state index is 11.9. The van der Waals surface area contributed by atoms with E-state index in [2.05, 4.69) is 11.9 Å².